The molecule has 0 aliphatic carbocycles. The maximum Gasteiger partial charge on any atom is 0.271 e. The Hall–Kier alpha value is -3.48. The number of rotatable bonds is 3. The quantitative estimate of drug-likeness (QED) is 0.761. The summed E-state index contributed by atoms with van der Waals surface area (Å²) in [4.78, 5) is 23.5. The van der Waals surface area contributed by atoms with Gasteiger partial charge in [0.15, 0.2) is 0 Å². The molecule has 7 heteroatoms. The average Bonchev–Trinajstić information content (AvgIpc) is 3.05. The van der Waals surface area contributed by atoms with Gasteiger partial charge in [0.2, 0.25) is 5.91 Å². The van der Waals surface area contributed by atoms with E-state index in [1.165, 1.54) is 22.9 Å². The first-order valence-corrected chi connectivity index (χ1v) is 8.14. The highest BCUT2D eigenvalue weighted by Gasteiger charge is 2.13. The van der Waals surface area contributed by atoms with Crippen molar-refractivity contribution < 1.29 is 9.18 Å². The Morgan fingerprint density at radius 1 is 0.923 bits per heavy atom. The maximum atomic E-state index is 13.1. The number of aromatic amines is 1. The van der Waals surface area contributed by atoms with Crippen LogP contribution < -0.4 is 11.0 Å². The summed E-state index contributed by atoms with van der Waals surface area (Å²) in [6, 6.07) is 14.7. The van der Waals surface area contributed by atoms with Crippen LogP contribution in [0.1, 0.15) is 18.4 Å². The van der Waals surface area contributed by atoms with Crippen molar-refractivity contribution in [2.24, 2.45) is 5.10 Å². The third kappa shape index (κ3) is 3.06. The number of H-pyrrole nitrogens is 1. The Morgan fingerprint density at radius 3 is 2.27 bits per heavy atom. The fraction of sp³-hybridized carbons (Fsp3) is 0.105. The highest BCUT2D eigenvalue weighted by Crippen LogP contribution is 2.18. The number of carbonyl (C=O) groups excluding carboxylic acids is 1. The van der Waals surface area contributed by atoms with E-state index < -0.39 is 0 Å². The molecule has 2 heterocycles. The zero-order valence-electron chi connectivity index (χ0n) is 13.7. The van der Waals surface area contributed by atoms with Gasteiger partial charge < -0.3 is 0 Å². The zero-order chi connectivity index (χ0) is 18.1. The second-order valence-corrected chi connectivity index (χ2v) is 5.99. The van der Waals surface area contributed by atoms with E-state index in [1.807, 2.05) is 12.1 Å². The minimum Gasteiger partial charge on any atom is -0.290 e. The molecule has 0 fully saturated rings. The highest BCUT2D eigenvalue weighted by molar-refractivity contribution is 6.04. The molecule has 2 N–H and O–H groups in total. The van der Waals surface area contributed by atoms with Crippen LogP contribution in [0.25, 0.3) is 16.9 Å². The summed E-state index contributed by atoms with van der Waals surface area (Å²) in [7, 11) is 0. The van der Waals surface area contributed by atoms with E-state index >= 15 is 0 Å². The van der Waals surface area contributed by atoms with Crippen molar-refractivity contribution >= 4 is 11.6 Å². The van der Waals surface area contributed by atoms with Crippen LogP contribution in [0.5, 0.6) is 0 Å². The van der Waals surface area contributed by atoms with Crippen LogP contribution in [-0.2, 0) is 4.79 Å². The van der Waals surface area contributed by atoms with Crippen molar-refractivity contribution in [1.82, 2.24) is 15.2 Å². The molecular formula is C19H15FN4O2. The molecule has 2 aromatic carbocycles. The molecule has 1 amide bonds. The fourth-order valence-electron chi connectivity index (χ4n) is 2.85. The van der Waals surface area contributed by atoms with Crippen LogP contribution >= 0.6 is 0 Å². The molecule has 0 spiro atoms. The molecule has 4 rings (SSSR count). The van der Waals surface area contributed by atoms with Gasteiger partial charge in [-0.25, -0.2) is 14.5 Å². The smallest absolute Gasteiger partial charge is 0.271 e. The van der Waals surface area contributed by atoms with Crippen LogP contribution in [0.4, 0.5) is 4.39 Å². The van der Waals surface area contributed by atoms with Gasteiger partial charge in [-0.15, -0.1) is 0 Å². The Bertz CT molecular complexity index is 1050. The van der Waals surface area contributed by atoms with Crippen molar-refractivity contribution in [2.45, 2.75) is 12.8 Å². The lowest BCUT2D eigenvalue weighted by Crippen LogP contribution is -2.25. The van der Waals surface area contributed by atoms with Gasteiger partial charge in [0.05, 0.1) is 17.1 Å². The van der Waals surface area contributed by atoms with Gasteiger partial charge in [-0.1, -0.05) is 12.1 Å². The Morgan fingerprint density at radius 2 is 1.62 bits per heavy atom. The van der Waals surface area contributed by atoms with E-state index in [9.17, 15) is 14.0 Å². The lowest BCUT2D eigenvalue weighted by molar-refractivity contribution is -0.121. The van der Waals surface area contributed by atoms with Gasteiger partial charge in [-0.2, -0.15) is 5.10 Å². The fourth-order valence-corrected chi connectivity index (χ4v) is 2.85. The average molecular weight is 350 g/mol. The molecule has 6 nitrogen and oxygen atoms in total. The van der Waals surface area contributed by atoms with E-state index in [0.717, 1.165) is 16.8 Å². The normalized spacial score (nSPS) is 14.0. The van der Waals surface area contributed by atoms with E-state index in [1.54, 1.807) is 24.3 Å². The Balaban J connectivity index is 1.63. The van der Waals surface area contributed by atoms with Gasteiger partial charge in [0.1, 0.15) is 5.82 Å². The zero-order valence-corrected chi connectivity index (χ0v) is 13.7. The minimum atomic E-state index is -0.326. The van der Waals surface area contributed by atoms with Crippen molar-refractivity contribution in [3.63, 3.8) is 0 Å². The van der Waals surface area contributed by atoms with Gasteiger partial charge >= 0.3 is 0 Å². The number of hydrazone groups is 1. The maximum absolute atomic E-state index is 13.1. The number of nitrogens with one attached hydrogen (secondary N) is 2. The monoisotopic (exact) mass is 350 g/mol. The van der Waals surface area contributed by atoms with E-state index in [2.05, 4.69) is 15.6 Å². The lowest BCUT2D eigenvalue weighted by atomic mass is 10.0. The molecule has 0 bridgehead atoms. The number of nitrogens with zero attached hydrogens (tertiary/aromatic N) is 2. The largest absolute Gasteiger partial charge is 0.290 e. The molecule has 26 heavy (non-hydrogen) atoms. The summed E-state index contributed by atoms with van der Waals surface area (Å²) in [6.07, 6.45) is 1.00. The molecule has 1 aromatic heterocycles. The lowest BCUT2D eigenvalue weighted by Gasteiger charge is -2.12. The molecule has 130 valence electrons. The standard InChI is InChI=1S/C19H15FN4O2/c20-14-5-1-13(2-6-14)17-11-19(26)24(23-17)15-7-3-12(4-8-15)16-9-10-18(25)22-21-16/h1-8,11,23H,9-10H2,(H,22,25). The number of carbonyl (C=O) groups is 1. The number of amides is 1. The third-order valence-corrected chi connectivity index (χ3v) is 4.24. The van der Waals surface area contributed by atoms with Gasteiger partial charge in [0.25, 0.3) is 5.56 Å². The summed E-state index contributed by atoms with van der Waals surface area (Å²) >= 11 is 0. The molecule has 0 atom stereocenters. The Kier molecular flexibility index (Phi) is 3.96. The first-order chi connectivity index (χ1) is 12.6. The summed E-state index contributed by atoms with van der Waals surface area (Å²) < 4.78 is 14.5. The topological polar surface area (TPSA) is 79.2 Å². The van der Waals surface area contributed by atoms with Crippen molar-refractivity contribution in [2.75, 3.05) is 0 Å². The van der Waals surface area contributed by atoms with Gasteiger partial charge in [0, 0.05) is 18.9 Å². The number of benzene rings is 2. The molecule has 1 aliphatic rings. The summed E-state index contributed by atoms with van der Waals surface area (Å²) in [5.41, 5.74) is 5.98. The summed E-state index contributed by atoms with van der Waals surface area (Å²) in [5, 5.41) is 7.09. The van der Waals surface area contributed by atoms with Crippen LogP contribution in [0.3, 0.4) is 0 Å². The Labute approximate surface area is 148 Å². The van der Waals surface area contributed by atoms with E-state index in [0.29, 0.717) is 24.2 Å². The molecule has 0 unspecified atom stereocenters. The SMILES string of the molecule is O=C1CCC(c2ccc(-n3[nH]c(-c4ccc(F)cc4)cc3=O)cc2)=NN1. The van der Waals surface area contributed by atoms with Gasteiger partial charge in [-0.05, 0) is 47.5 Å². The number of aromatic nitrogens is 2. The molecule has 0 saturated heterocycles. The summed E-state index contributed by atoms with van der Waals surface area (Å²) in [6.45, 7) is 0. The van der Waals surface area contributed by atoms with Crippen LogP contribution in [0, 0.1) is 5.82 Å². The molecular weight excluding hydrogens is 335 g/mol. The first kappa shape index (κ1) is 16.0. The van der Waals surface area contributed by atoms with Crippen LogP contribution in [-0.4, -0.2) is 21.4 Å². The first-order valence-electron chi connectivity index (χ1n) is 8.14. The van der Waals surface area contributed by atoms with Crippen LogP contribution in [0.15, 0.2) is 64.5 Å². The predicted molar refractivity (Wildman–Crippen MR) is 95.7 cm³/mol. The van der Waals surface area contributed by atoms with Crippen molar-refractivity contribution in [3.8, 4) is 16.9 Å². The second-order valence-electron chi connectivity index (χ2n) is 5.99. The molecule has 3 aromatic rings. The van der Waals surface area contributed by atoms with E-state index in [4.69, 9.17) is 0 Å². The van der Waals surface area contributed by atoms with Crippen LogP contribution in [0.2, 0.25) is 0 Å². The number of halogens is 1. The second kappa shape index (κ2) is 6.44. The highest BCUT2D eigenvalue weighted by atomic mass is 19.1. The van der Waals surface area contributed by atoms with Crippen molar-refractivity contribution in [3.05, 3.63) is 76.3 Å². The van der Waals surface area contributed by atoms with E-state index in [-0.39, 0.29) is 17.3 Å². The number of hydrogen-bond acceptors (Lipinski definition) is 3. The summed E-state index contributed by atoms with van der Waals surface area (Å²) in [5.74, 6) is -0.412. The van der Waals surface area contributed by atoms with Crippen molar-refractivity contribution in [1.29, 1.82) is 0 Å². The third-order valence-electron chi connectivity index (χ3n) is 4.24. The minimum absolute atomic E-state index is 0.0865. The molecule has 1 aliphatic heterocycles. The molecule has 0 saturated carbocycles. The number of hydrogen-bond donors (Lipinski definition) is 2. The molecule has 0 radical (unpaired) electrons. The predicted octanol–water partition coefficient (Wildman–Crippen LogP) is 2.59. The van der Waals surface area contributed by atoms with Gasteiger partial charge in [-0.3, -0.25) is 14.7 Å².